The van der Waals surface area contributed by atoms with Crippen LogP contribution in [0, 0.1) is 30.2 Å². The number of pyridine rings is 1. The van der Waals surface area contributed by atoms with Crippen LogP contribution in [0.25, 0.3) is 44.1 Å². The molecule has 2 heterocycles. The van der Waals surface area contributed by atoms with Crippen LogP contribution >= 0.6 is 0 Å². The van der Waals surface area contributed by atoms with E-state index in [2.05, 4.69) is 96.1 Å². The molecule has 257 valence electrons. The number of aliphatic hydroxyl groups excluding tert-OH is 1. The van der Waals surface area contributed by atoms with Gasteiger partial charge in [0.1, 0.15) is 5.58 Å². The number of aromatic nitrogens is 1. The number of allylic oxidation sites excluding steroid dienone is 2. The topological polar surface area (TPSA) is 63.3 Å². The van der Waals surface area contributed by atoms with Gasteiger partial charge in [0.05, 0.1) is 16.9 Å². The molecule has 4 nitrogen and oxygen atoms in total. The fraction of sp³-hybridized carbons (Fsp3) is 0.442. The number of benzene rings is 3. The van der Waals surface area contributed by atoms with Crippen molar-refractivity contribution in [2.24, 2.45) is 17.3 Å². The Labute approximate surface area is 300 Å². The Kier molecular flexibility index (Phi) is 11.5. The first kappa shape index (κ1) is 37.5. The molecule has 6 rings (SSSR count). The number of para-hydroxylation sites is 1. The third-order valence-corrected chi connectivity index (χ3v) is 10.1. The number of furan rings is 1. The van der Waals surface area contributed by atoms with Gasteiger partial charge in [-0.05, 0) is 71.2 Å². The molecule has 0 saturated carbocycles. The van der Waals surface area contributed by atoms with Gasteiger partial charge in [0, 0.05) is 43.4 Å². The molecule has 3 aromatic carbocycles. The Morgan fingerprint density at radius 2 is 1.58 bits per heavy atom. The predicted molar refractivity (Wildman–Crippen MR) is 197 cm³/mol. The first-order valence-corrected chi connectivity index (χ1v) is 17.5. The molecule has 5 aromatic rings. The van der Waals surface area contributed by atoms with Gasteiger partial charge in [-0.2, -0.15) is 0 Å². The second kappa shape index (κ2) is 14.7. The molecule has 0 spiro atoms. The number of hydrogen-bond acceptors (Lipinski definition) is 4. The summed E-state index contributed by atoms with van der Waals surface area (Å²) in [5.41, 5.74) is 10.0. The van der Waals surface area contributed by atoms with Crippen LogP contribution < -0.4 is 0 Å². The molecule has 1 aliphatic carbocycles. The third-order valence-electron chi connectivity index (χ3n) is 10.1. The number of nitrogens with zero attached hydrogens (tertiary/aromatic N) is 1. The Morgan fingerprint density at radius 1 is 0.938 bits per heavy atom. The van der Waals surface area contributed by atoms with Crippen LogP contribution in [0.15, 0.2) is 64.8 Å². The fourth-order valence-corrected chi connectivity index (χ4v) is 7.22. The Bertz CT molecular complexity index is 1970. The van der Waals surface area contributed by atoms with Crippen molar-refractivity contribution < 1.29 is 34.4 Å². The standard InChI is InChI=1S/C30H28NO.C13H24O2.Ir/c1-17-11-13-20-24-25-21(14-12-19(16-29(2,3)4)28(25)32-27(17)24)30(5,6)22-15-18-9-7-8-10-23(18)31-26(20)22;1-5-10(6-2)12(14)9-13(15)11(7-3)8-4;/h7-12,14-15H,16H2,1-6H3;9-11,14H,5-8H2,1-4H3;/q-1;;/b;12-9-;. The summed E-state index contributed by atoms with van der Waals surface area (Å²) in [5.74, 6) is 0.547. The van der Waals surface area contributed by atoms with Gasteiger partial charge in [-0.15, -0.1) is 17.7 Å². The average Bonchev–Trinajstić information content (AvgIpc) is 3.40. The summed E-state index contributed by atoms with van der Waals surface area (Å²) in [6, 6.07) is 21.0. The normalized spacial score (nSPS) is 13.9. The van der Waals surface area contributed by atoms with E-state index in [0.29, 0.717) is 0 Å². The Morgan fingerprint density at radius 3 is 2.21 bits per heavy atom. The quantitative estimate of drug-likeness (QED) is 0.0962. The maximum absolute atomic E-state index is 11.7. The third kappa shape index (κ3) is 7.05. The summed E-state index contributed by atoms with van der Waals surface area (Å²) < 4.78 is 6.67. The molecule has 0 saturated heterocycles. The smallest absolute Gasteiger partial charge is 0.162 e. The average molecular weight is 823 g/mol. The summed E-state index contributed by atoms with van der Waals surface area (Å²) in [7, 11) is 0. The maximum atomic E-state index is 11.7. The zero-order valence-corrected chi connectivity index (χ0v) is 32.8. The van der Waals surface area contributed by atoms with Crippen molar-refractivity contribution in [3.63, 3.8) is 0 Å². The zero-order valence-electron chi connectivity index (χ0n) is 30.4. The number of aryl methyl sites for hydroxylation is 1. The van der Waals surface area contributed by atoms with Gasteiger partial charge in [0.15, 0.2) is 5.78 Å². The van der Waals surface area contributed by atoms with Crippen LogP contribution in [0.5, 0.6) is 0 Å². The van der Waals surface area contributed by atoms with Crippen LogP contribution in [-0.4, -0.2) is 15.9 Å². The first-order chi connectivity index (χ1) is 22.2. The summed E-state index contributed by atoms with van der Waals surface area (Å²) in [5, 5.41) is 13.3. The van der Waals surface area contributed by atoms with E-state index in [1.54, 1.807) is 0 Å². The van der Waals surface area contributed by atoms with E-state index >= 15 is 0 Å². The SMILES string of the molecule is CCC(CC)C(=O)/C=C(\O)C(CC)CC.Cc1c[c-]c2c3c1oc1c(CC(C)(C)C)ccc(c13)C(C)(C)c1cc3ccccc3nc1-2.[Ir]. The van der Waals surface area contributed by atoms with Crippen LogP contribution in [-0.2, 0) is 36.7 Å². The van der Waals surface area contributed by atoms with Gasteiger partial charge in [-0.25, -0.2) is 0 Å². The molecule has 5 heteroatoms. The molecular formula is C43H52IrNO3-. The van der Waals surface area contributed by atoms with Gasteiger partial charge in [0.25, 0.3) is 0 Å². The summed E-state index contributed by atoms with van der Waals surface area (Å²) in [4.78, 5) is 16.9. The molecule has 0 fully saturated rings. The molecule has 0 atom stereocenters. The van der Waals surface area contributed by atoms with Gasteiger partial charge in [0.2, 0.25) is 0 Å². The van der Waals surface area contributed by atoms with Crippen molar-refractivity contribution in [2.45, 2.75) is 107 Å². The number of rotatable bonds is 8. The first-order valence-electron chi connectivity index (χ1n) is 17.5. The molecule has 48 heavy (non-hydrogen) atoms. The predicted octanol–water partition coefficient (Wildman–Crippen LogP) is 12.0. The summed E-state index contributed by atoms with van der Waals surface area (Å²) in [6.45, 7) is 21.7. The van der Waals surface area contributed by atoms with E-state index in [0.717, 1.165) is 65.6 Å². The minimum atomic E-state index is -0.220. The molecule has 1 aliphatic rings. The number of aliphatic hydroxyl groups is 1. The molecule has 0 aliphatic heterocycles. The zero-order chi connectivity index (χ0) is 34.3. The van der Waals surface area contributed by atoms with Gasteiger partial charge in [-0.3, -0.25) is 9.78 Å². The summed E-state index contributed by atoms with van der Waals surface area (Å²) >= 11 is 0. The van der Waals surface area contributed by atoms with Gasteiger partial charge >= 0.3 is 0 Å². The number of carbonyl (C=O) groups excluding carboxylic acids is 1. The van der Waals surface area contributed by atoms with Crippen LogP contribution in [0.3, 0.4) is 0 Å². The molecule has 0 unspecified atom stereocenters. The van der Waals surface area contributed by atoms with E-state index in [4.69, 9.17) is 9.40 Å². The number of hydrogen-bond donors (Lipinski definition) is 1. The number of fused-ring (bicyclic) bond motifs is 3. The van der Waals surface area contributed by atoms with Crippen molar-refractivity contribution >= 4 is 38.6 Å². The second-order valence-electron chi connectivity index (χ2n) is 15.1. The van der Waals surface area contributed by atoms with Crippen molar-refractivity contribution in [1.82, 2.24) is 4.98 Å². The van der Waals surface area contributed by atoms with Crippen molar-refractivity contribution in [3.8, 4) is 11.3 Å². The Balaban J connectivity index is 0.000000279. The number of ketones is 1. The van der Waals surface area contributed by atoms with Crippen molar-refractivity contribution in [1.29, 1.82) is 0 Å². The van der Waals surface area contributed by atoms with E-state index in [1.807, 2.05) is 27.7 Å². The molecular weight excluding hydrogens is 771 g/mol. The largest absolute Gasteiger partial charge is 0.512 e. The molecule has 0 bridgehead atoms. The Hall–Kier alpha value is -3.27. The van der Waals surface area contributed by atoms with E-state index in [1.165, 1.54) is 38.9 Å². The van der Waals surface area contributed by atoms with Crippen molar-refractivity contribution in [3.05, 3.63) is 88.7 Å². The van der Waals surface area contributed by atoms with Crippen molar-refractivity contribution in [2.75, 3.05) is 0 Å². The van der Waals surface area contributed by atoms with Gasteiger partial charge < -0.3 is 9.52 Å². The van der Waals surface area contributed by atoms with Gasteiger partial charge in [-0.1, -0.05) is 122 Å². The van der Waals surface area contributed by atoms with E-state index in [-0.39, 0.29) is 54.3 Å². The monoisotopic (exact) mass is 823 g/mol. The molecule has 1 N–H and O–H groups in total. The van der Waals surface area contributed by atoms with E-state index < -0.39 is 0 Å². The fourth-order valence-electron chi connectivity index (χ4n) is 7.22. The van der Waals surface area contributed by atoms with Crippen LogP contribution in [0.4, 0.5) is 0 Å². The van der Waals surface area contributed by atoms with Crippen LogP contribution in [0.2, 0.25) is 0 Å². The molecule has 2 aromatic heterocycles. The maximum Gasteiger partial charge on any atom is 0.162 e. The second-order valence-corrected chi connectivity index (χ2v) is 15.1. The molecule has 0 amide bonds. The van der Waals surface area contributed by atoms with E-state index in [9.17, 15) is 9.90 Å². The number of carbonyl (C=O) groups is 1. The minimum Gasteiger partial charge on any atom is -0.512 e. The summed E-state index contributed by atoms with van der Waals surface area (Å²) in [6.07, 6.45) is 5.88. The molecule has 1 radical (unpaired) electrons. The van der Waals surface area contributed by atoms with Crippen LogP contribution in [0.1, 0.15) is 110 Å². The minimum absolute atomic E-state index is 0.